The standard InChI is InChI=1S/C30H30N6.2C2H6/c1-35-17-5-11-27(35)29-31-19-23(33-29)15-13-21-7-3-10-26-22(8-4-9-25(21)26)14-16-24-20-32-30(34-24)28-12-6-18-36(28)2;2*1-2/h3-4,7-10,19-20,27-28H,5-6,11-12,17-18H2,1-2H3,(H,31,33)(H,32,34);2*1-2H3. The van der Waals surface area contributed by atoms with Crippen LogP contribution in [0.4, 0.5) is 0 Å². The number of H-pyrrole nitrogens is 2. The zero-order chi connectivity index (χ0) is 28.5. The predicted octanol–water partition coefficient (Wildman–Crippen LogP) is 6.67. The van der Waals surface area contributed by atoms with Crippen LogP contribution in [0, 0.1) is 23.7 Å². The number of aromatic amines is 2. The van der Waals surface area contributed by atoms with Crippen molar-refractivity contribution in [1.82, 2.24) is 29.7 Å². The molecule has 208 valence electrons. The van der Waals surface area contributed by atoms with E-state index in [1.54, 1.807) is 0 Å². The molecule has 40 heavy (non-hydrogen) atoms. The van der Waals surface area contributed by atoms with Crippen LogP contribution < -0.4 is 0 Å². The molecule has 0 amide bonds. The number of nitrogens with zero attached hydrogens (tertiary/aromatic N) is 4. The van der Waals surface area contributed by atoms with Gasteiger partial charge in [0.25, 0.3) is 0 Å². The normalized spacial score (nSPS) is 18.6. The van der Waals surface area contributed by atoms with Gasteiger partial charge in [-0.15, -0.1) is 0 Å². The summed E-state index contributed by atoms with van der Waals surface area (Å²) in [7, 11) is 4.31. The van der Waals surface area contributed by atoms with Crippen LogP contribution in [0.2, 0.25) is 0 Å². The highest BCUT2D eigenvalue weighted by Crippen LogP contribution is 2.29. The molecule has 2 aromatic carbocycles. The smallest absolute Gasteiger partial charge is 0.124 e. The lowest BCUT2D eigenvalue weighted by Gasteiger charge is -2.16. The van der Waals surface area contributed by atoms with Crippen molar-refractivity contribution in [2.45, 2.75) is 65.5 Å². The number of benzene rings is 2. The lowest BCUT2D eigenvalue weighted by atomic mass is 10.0. The Kier molecular flexibility index (Phi) is 10.2. The van der Waals surface area contributed by atoms with Gasteiger partial charge in [-0.25, -0.2) is 9.97 Å². The second-order valence-corrected chi connectivity index (χ2v) is 9.85. The largest absolute Gasteiger partial charge is 0.334 e. The molecule has 4 heterocycles. The molecule has 2 aromatic heterocycles. The minimum atomic E-state index is 0.365. The Morgan fingerprint density at radius 3 is 1.45 bits per heavy atom. The molecule has 2 saturated heterocycles. The van der Waals surface area contributed by atoms with Crippen molar-refractivity contribution in [3.05, 3.63) is 83.0 Å². The third-order valence-electron chi connectivity index (χ3n) is 7.45. The molecule has 6 nitrogen and oxygen atoms in total. The van der Waals surface area contributed by atoms with Crippen molar-refractivity contribution in [3.8, 4) is 23.7 Å². The van der Waals surface area contributed by atoms with Crippen molar-refractivity contribution in [1.29, 1.82) is 0 Å². The van der Waals surface area contributed by atoms with Gasteiger partial charge in [0, 0.05) is 11.1 Å². The summed E-state index contributed by atoms with van der Waals surface area (Å²) in [5.41, 5.74) is 3.67. The molecule has 0 bridgehead atoms. The van der Waals surface area contributed by atoms with Crippen LogP contribution in [-0.4, -0.2) is 56.9 Å². The number of imidazole rings is 2. The molecule has 0 spiro atoms. The average molecular weight is 535 g/mol. The van der Waals surface area contributed by atoms with Crippen LogP contribution >= 0.6 is 0 Å². The van der Waals surface area contributed by atoms with Crippen LogP contribution in [0.1, 0.15) is 99.6 Å². The van der Waals surface area contributed by atoms with E-state index in [-0.39, 0.29) is 0 Å². The third-order valence-corrected chi connectivity index (χ3v) is 7.45. The molecule has 2 unspecified atom stereocenters. The lowest BCUT2D eigenvalue weighted by molar-refractivity contribution is 0.307. The zero-order valence-corrected chi connectivity index (χ0v) is 24.8. The van der Waals surface area contributed by atoms with E-state index in [1.165, 1.54) is 12.8 Å². The van der Waals surface area contributed by atoms with E-state index in [0.717, 1.165) is 70.9 Å². The maximum atomic E-state index is 4.59. The SMILES string of the molecule is CC.CC.CN1CCCC1c1ncc(C#Cc2cccc3c(C#Cc4cnc(C5CCCN5C)[nH]4)cccc23)[nH]1. The van der Waals surface area contributed by atoms with Gasteiger partial charge in [-0.3, -0.25) is 9.80 Å². The zero-order valence-electron chi connectivity index (χ0n) is 24.8. The Labute approximate surface area is 239 Å². The molecule has 0 radical (unpaired) electrons. The average Bonchev–Trinajstić information content (AvgIpc) is 3.81. The molecule has 2 fully saturated rings. The number of likely N-dealkylation sites (tertiary alicyclic amines) is 2. The summed E-state index contributed by atoms with van der Waals surface area (Å²) in [6.07, 6.45) is 8.40. The fourth-order valence-corrected chi connectivity index (χ4v) is 5.45. The molecule has 6 rings (SSSR count). The van der Waals surface area contributed by atoms with E-state index in [2.05, 4.69) is 91.8 Å². The molecule has 2 aliphatic heterocycles. The minimum absolute atomic E-state index is 0.365. The highest BCUT2D eigenvalue weighted by molar-refractivity contribution is 5.92. The van der Waals surface area contributed by atoms with E-state index in [9.17, 15) is 0 Å². The summed E-state index contributed by atoms with van der Waals surface area (Å²) >= 11 is 0. The first kappa shape index (κ1) is 29.2. The van der Waals surface area contributed by atoms with Crippen LogP contribution in [0.5, 0.6) is 0 Å². The topological polar surface area (TPSA) is 63.8 Å². The lowest BCUT2D eigenvalue weighted by Crippen LogP contribution is -2.18. The fraction of sp³-hybridized carbons (Fsp3) is 0.412. The maximum Gasteiger partial charge on any atom is 0.124 e. The van der Waals surface area contributed by atoms with Crippen LogP contribution in [0.15, 0.2) is 48.8 Å². The molecule has 0 saturated carbocycles. The van der Waals surface area contributed by atoms with Gasteiger partial charge in [0.15, 0.2) is 0 Å². The van der Waals surface area contributed by atoms with Crippen LogP contribution in [-0.2, 0) is 0 Å². The van der Waals surface area contributed by atoms with Crippen molar-refractivity contribution in [3.63, 3.8) is 0 Å². The molecule has 2 N–H and O–H groups in total. The molecule has 4 aromatic rings. The predicted molar refractivity (Wildman–Crippen MR) is 165 cm³/mol. The van der Waals surface area contributed by atoms with Gasteiger partial charge in [-0.05, 0) is 87.6 Å². The minimum Gasteiger partial charge on any atom is -0.334 e. The number of hydrogen-bond donors (Lipinski definition) is 2. The second-order valence-electron chi connectivity index (χ2n) is 9.85. The van der Waals surface area contributed by atoms with Crippen molar-refractivity contribution >= 4 is 10.8 Å². The summed E-state index contributed by atoms with van der Waals surface area (Å²) in [6.45, 7) is 10.2. The molecule has 0 aliphatic carbocycles. The van der Waals surface area contributed by atoms with Crippen LogP contribution in [0.3, 0.4) is 0 Å². The Balaban J connectivity index is 0.000000886. The molecular formula is C34H42N6. The first-order valence-corrected chi connectivity index (χ1v) is 14.7. The van der Waals surface area contributed by atoms with Gasteiger partial charge in [-0.2, -0.15) is 0 Å². The first-order valence-electron chi connectivity index (χ1n) is 14.7. The number of hydrogen-bond acceptors (Lipinski definition) is 4. The summed E-state index contributed by atoms with van der Waals surface area (Å²) in [4.78, 5) is 20.7. The van der Waals surface area contributed by atoms with Gasteiger partial charge in [0.2, 0.25) is 0 Å². The Morgan fingerprint density at radius 1 is 0.650 bits per heavy atom. The second kappa shape index (κ2) is 14.0. The Morgan fingerprint density at radius 2 is 1.07 bits per heavy atom. The van der Waals surface area contributed by atoms with Gasteiger partial charge >= 0.3 is 0 Å². The molecular weight excluding hydrogens is 492 g/mol. The Hall–Kier alpha value is -3.84. The van der Waals surface area contributed by atoms with Gasteiger partial charge in [0.05, 0.1) is 24.5 Å². The van der Waals surface area contributed by atoms with Crippen molar-refractivity contribution < 1.29 is 0 Å². The molecule has 2 aliphatic rings. The molecule has 2 atom stereocenters. The number of nitrogens with one attached hydrogen (secondary N) is 2. The van der Waals surface area contributed by atoms with Crippen molar-refractivity contribution in [2.24, 2.45) is 0 Å². The van der Waals surface area contributed by atoms with E-state index >= 15 is 0 Å². The first-order chi connectivity index (χ1) is 19.7. The summed E-state index contributed by atoms with van der Waals surface area (Å²) < 4.78 is 0. The quantitative estimate of drug-likeness (QED) is 0.282. The van der Waals surface area contributed by atoms with Gasteiger partial charge in [0.1, 0.15) is 23.0 Å². The number of fused-ring (bicyclic) bond motifs is 1. The Bertz CT molecular complexity index is 1410. The maximum absolute atomic E-state index is 4.59. The highest BCUT2D eigenvalue weighted by atomic mass is 15.2. The van der Waals surface area contributed by atoms with Crippen LogP contribution in [0.25, 0.3) is 10.8 Å². The molecule has 6 heteroatoms. The van der Waals surface area contributed by atoms with Crippen molar-refractivity contribution in [2.75, 3.05) is 27.2 Å². The number of aromatic nitrogens is 4. The highest BCUT2D eigenvalue weighted by Gasteiger charge is 2.25. The van der Waals surface area contributed by atoms with E-state index < -0.39 is 0 Å². The van der Waals surface area contributed by atoms with Gasteiger partial charge < -0.3 is 9.97 Å². The van der Waals surface area contributed by atoms with E-state index in [1.807, 2.05) is 52.2 Å². The summed E-state index contributed by atoms with van der Waals surface area (Å²) in [5, 5.41) is 2.20. The van der Waals surface area contributed by atoms with Gasteiger partial charge in [-0.1, -0.05) is 63.8 Å². The number of rotatable bonds is 2. The van der Waals surface area contributed by atoms with E-state index in [0.29, 0.717) is 12.1 Å². The fourth-order valence-electron chi connectivity index (χ4n) is 5.45. The summed E-state index contributed by atoms with van der Waals surface area (Å²) in [6, 6.07) is 13.2. The third kappa shape index (κ3) is 6.48. The van der Waals surface area contributed by atoms with E-state index in [4.69, 9.17) is 0 Å². The summed E-state index contributed by atoms with van der Waals surface area (Å²) in [5.74, 6) is 15.3. The monoisotopic (exact) mass is 534 g/mol.